The number of primary sulfonamides is 1. The molecule has 6 nitrogen and oxygen atoms in total. The Kier molecular flexibility index (Phi) is 3.30. The van der Waals surface area contributed by atoms with Crippen molar-refractivity contribution in [3.05, 3.63) is 42.0 Å². The van der Waals surface area contributed by atoms with E-state index in [0.29, 0.717) is 11.6 Å². The molecule has 0 saturated carbocycles. The van der Waals surface area contributed by atoms with Crippen molar-refractivity contribution in [1.82, 2.24) is 4.98 Å². The van der Waals surface area contributed by atoms with Crippen molar-refractivity contribution in [1.29, 1.82) is 0 Å². The first-order valence-electron chi connectivity index (χ1n) is 4.93. The summed E-state index contributed by atoms with van der Waals surface area (Å²) >= 11 is 0. The van der Waals surface area contributed by atoms with Crippen molar-refractivity contribution in [2.45, 2.75) is 11.6 Å². The van der Waals surface area contributed by atoms with Crippen LogP contribution in [0.15, 0.2) is 39.8 Å². The van der Waals surface area contributed by atoms with E-state index >= 15 is 0 Å². The van der Waals surface area contributed by atoms with E-state index in [1.165, 1.54) is 24.3 Å². The normalized spacial score (nSPS) is 11.4. The summed E-state index contributed by atoms with van der Waals surface area (Å²) in [7, 11) is -3.84. The molecule has 2 aromatic rings. The van der Waals surface area contributed by atoms with Gasteiger partial charge in [-0.15, -0.1) is 0 Å². The minimum absolute atomic E-state index is 0.173. The molecule has 18 heavy (non-hydrogen) atoms. The van der Waals surface area contributed by atoms with E-state index in [1.807, 2.05) is 0 Å². The number of nitrogens with two attached hydrogens (primary N) is 1. The monoisotopic (exact) mass is 271 g/mol. The molecule has 0 radical (unpaired) electrons. The highest BCUT2D eigenvalue weighted by Crippen LogP contribution is 2.13. The van der Waals surface area contributed by atoms with Gasteiger partial charge in [-0.05, 0) is 24.3 Å². The summed E-state index contributed by atoms with van der Waals surface area (Å²) in [6.45, 7) is 0.173. The predicted octanol–water partition coefficient (Wildman–Crippen LogP) is 1.07. The Morgan fingerprint density at radius 1 is 1.33 bits per heavy atom. The van der Waals surface area contributed by atoms with Crippen LogP contribution in [0.5, 0.6) is 0 Å². The minimum Gasteiger partial charge on any atom is -0.446 e. The predicted molar refractivity (Wildman–Crippen MR) is 61.6 cm³/mol. The number of anilines is 1. The lowest BCUT2D eigenvalue weighted by molar-refractivity contribution is 0.419. The SMILES string of the molecule is NS(=O)(=O)c1ccc(CNc2cccc(F)n2)o1. The first-order chi connectivity index (χ1) is 8.45. The van der Waals surface area contributed by atoms with E-state index in [9.17, 15) is 12.8 Å². The number of hydrogen-bond acceptors (Lipinski definition) is 5. The van der Waals surface area contributed by atoms with E-state index in [2.05, 4.69) is 10.3 Å². The molecule has 0 aromatic carbocycles. The Morgan fingerprint density at radius 3 is 2.72 bits per heavy atom. The highest BCUT2D eigenvalue weighted by Gasteiger charge is 2.12. The summed E-state index contributed by atoms with van der Waals surface area (Å²) in [6.07, 6.45) is 0. The molecule has 0 bridgehead atoms. The van der Waals surface area contributed by atoms with E-state index in [1.54, 1.807) is 6.07 Å². The lowest BCUT2D eigenvalue weighted by Crippen LogP contribution is -2.10. The molecule has 0 saturated heterocycles. The van der Waals surface area contributed by atoms with Gasteiger partial charge in [0.1, 0.15) is 11.6 Å². The number of furan rings is 1. The molecule has 0 aliphatic rings. The van der Waals surface area contributed by atoms with Crippen LogP contribution in [-0.4, -0.2) is 13.4 Å². The molecule has 0 atom stereocenters. The molecule has 2 heterocycles. The van der Waals surface area contributed by atoms with Crippen LogP contribution in [0.25, 0.3) is 0 Å². The highest BCUT2D eigenvalue weighted by molar-refractivity contribution is 7.89. The van der Waals surface area contributed by atoms with Crippen LogP contribution < -0.4 is 10.5 Å². The molecule has 0 unspecified atom stereocenters. The van der Waals surface area contributed by atoms with Crippen molar-refractivity contribution in [2.75, 3.05) is 5.32 Å². The number of aromatic nitrogens is 1. The third-order valence-electron chi connectivity index (χ3n) is 2.08. The standard InChI is InChI=1S/C10H10FN3O3S/c11-8-2-1-3-9(14-8)13-6-7-4-5-10(17-7)18(12,15)16/h1-5H,6H2,(H,13,14)(H2,12,15,16). The summed E-state index contributed by atoms with van der Waals surface area (Å²) in [5, 5.41) is 7.37. The maximum Gasteiger partial charge on any atom is 0.271 e. The topological polar surface area (TPSA) is 98.2 Å². The molecule has 0 fully saturated rings. The maximum atomic E-state index is 12.8. The Balaban J connectivity index is 2.05. The Hall–Kier alpha value is -1.93. The van der Waals surface area contributed by atoms with Gasteiger partial charge < -0.3 is 9.73 Å². The molecule has 2 aromatic heterocycles. The molecule has 0 amide bonds. The first kappa shape index (κ1) is 12.5. The molecule has 2 rings (SSSR count). The van der Waals surface area contributed by atoms with Crippen molar-refractivity contribution in [3.63, 3.8) is 0 Å². The van der Waals surface area contributed by atoms with Crippen LogP contribution in [0, 0.1) is 5.95 Å². The lowest BCUT2D eigenvalue weighted by atomic mass is 10.4. The summed E-state index contributed by atoms with van der Waals surface area (Å²) < 4.78 is 39.7. The Bertz CT molecular complexity index is 654. The molecule has 96 valence electrons. The van der Waals surface area contributed by atoms with Crippen LogP contribution in [-0.2, 0) is 16.6 Å². The highest BCUT2D eigenvalue weighted by atomic mass is 32.2. The van der Waals surface area contributed by atoms with Gasteiger partial charge in [0, 0.05) is 0 Å². The number of nitrogens with one attached hydrogen (secondary N) is 1. The van der Waals surface area contributed by atoms with Crippen LogP contribution in [0.1, 0.15) is 5.76 Å². The lowest BCUT2D eigenvalue weighted by Gasteiger charge is -2.02. The molecular formula is C10H10FN3O3S. The van der Waals surface area contributed by atoms with Gasteiger partial charge in [-0.25, -0.2) is 18.5 Å². The quantitative estimate of drug-likeness (QED) is 0.810. The molecule has 3 N–H and O–H groups in total. The van der Waals surface area contributed by atoms with E-state index in [0.717, 1.165) is 0 Å². The van der Waals surface area contributed by atoms with Gasteiger partial charge in [-0.1, -0.05) is 6.07 Å². The second kappa shape index (κ2) is 4.75. The van der Waals surface area contributed by atoms with Crippen molar-refractivity contribution in [2.24, 2.45) is 5.14 Å². The number of pyridine rings is 1. The second-order valence-corrected chi connectivity index (χ2v) is 4.96. The fourth-order valence-corrected chi connectivity index (χ4v) is 1.77. The number of rotatable bonds is 4. The fraction of sp³-hybridized carbons (Fsp3) is 0.100. The van der Waals surface area contributed by atoms with Gasteiger partial charge in [0.25, 0.3) is 10.0 Å². The van der Waals surface area contributed by atoms with Gasteiger partial charge in [0.2, 0.25) is 11.0 Å². The van der Waals surface area contributed by atoms with E-state index in [4.69, 9.17) is 9.56 Å². The first-order valence-corrected chi connectivity index (χ1v) is 6.48. The number of hydrogen-bond donors (Lipinski definition) is 2. The molecule has 0 aliphatic carbocycles. The molecular weight excluding hydrogens is 261 g/mol. The second-order valence-electron chi connectivity index (χ2n) is 3.46. The van der Waals surface area contributed by atoms with E-state index < -0.39 is 16.0 Å². The molecule has 0 aliphatic heterocycles. The fourth-order valence-electron chi connectivity index (χ4n) is 1.29. The van der Waals surface area contributed by atoms with Gasteiger partial charge >= 0.3 is 0 Å². The summed E-state index contributed by atoms with van der Waals surface area (Å²) in [6, 6.07) is 7.02. The summed E-state index contributed by atoms with van der Waals surface area (Å²) in [5.74, 6) is 0.0679. The summed E-state index contributed by atoms with van der Waals surface area (Å²) in [4.78, 5) is 3.58. The third-order valence-corrected chi connectivity index (χ3v) is 2.86. The molecule has 8 heteroatoms. The Labute approximate surface area is 103 Å². The van der Waals surface area contributed by atoms with Gasteiger partial charge in [0.05, 0.1) is 6.54 Å². The summed E-state index contributed by atoms with van der Waals surface area (Å²) in [5.41, 5.74) is 0. The van der Waals surface area contributed by atoms with Crippen molar-refractivity contribution in [3.8, 4) is 0 Å². The average molecular weight is 271 g/mol. The van der Waals surface area contributed by atoms with Gasteiger partial charge in [0.15, 0.2) is 0 Å². The van der Waals surface area contributed by atoms with Crippen LogP contribution >= 0.6 is 0 Å². The van der Waals surface area contributed by atoms with Crippen LogP contribution in [0.3, 0.4) is 0 Å². The zero-order chi connectivity index (χ0) is 13.2. The smallest absolute Gasteiger partial charge is 0.271 e. The van der Waals surface area contributed by atoms with Gasteiger partial charge in [-0.2, -0.15) is 4.39 Å². The van der Waals surface area contributed by atoms with Crippen LogP contribution in [0.4, 0.5) is 10.2 Å². The number of nitrogens with zero attached hydrogens (tertiary/aromatic N) is 1. The van der Waals surface area contributed by atoms with E-state index in [-0.39, 0.29) is 11.6 Å². The number of sulfonamides is 1. The van der Waals surface area contributed by atoms with Crippen molar-refractivity contribution >= 4 is 15.8 Å². The largest absolute Gasteiger partial charge is 0.446 e. The zero-order valence-corrected chi connectivity index (χ0v) is 9.95. The average Bonchev–Trinajstić information content (AvgIpc) is 2.74. The van der Waals surface area contributed by atoms with Crippen molar-refractivity contribution < 1.29 is 17.2 Å². The Morgan fingerprint density at radius 2 is 2.11 bits per heavy atom. The number of halogens is 1. The zero-order valence-electron chi connectivity index (χ0n) is 9.13. The molecule has 0 spiro atoms. The van der Waals surface area contributed by atoms with Crippen LogP contribution in [0.2, 0.25) is 0 Å². The maximum absolute atomic E-state index is 12.8. The minimum atomic E-state index is -3.84. The third kappa shape index (κ3) is 3.05. The van der Waals surface area contributed by atoms with Gasteiger partial charge in [-0.3, -0.25) is 0 Å².